The molecule has 1 saturated heterocycles. The van der Waals surface area contributed by atoms with Gasteiger partial charge in [0, 0.05) is 19.6 Å². The molecule has 7 heteroatoms. The number of hydrogen-bond donors (Lipinski definition) is 1. The Hall–Kier alpha value is -0.920. The van der Waals surface area contributed by atoms with Crippen LogP contribution in [0.3, 0.4) is 0 Å². The number of nitrogens with zero attached hydrogens (tertiary/aromatic N) is 3. The van der Waals surface area contributed by atoms with Gasteiger partial charge in [-0.15, -0.1) is 0 Å². The standard InChI is InChI=1S/C12H18BrN3O3/c1-3-16-9(11(13)8(2)14-16)6-15-4-5-19-7-10(15)12(17)18/h10H,3-7H2,1-2H3,(H,17,18). The van der Waals surface area contributed by atoms with Crippen molar-refractivity contribution in [2.24, 2.45) is 0 Å². The van der Waals surface area contributed by atoms with Crippen LogP contribution in [0.25, 0.3) is 0 Å². The number of ether oxygens (including phenoxy) is 1. The molecule has 1 aromatic rings. The van der Waals surface area contributed by atoms with E-state index in [-0.39, 0.29) is 6.61 Å². The Morgan fingerprint density at radius 1 is 1.63 bits per heavy atom. The first-order chi connectivity index (χ1) is 9.04. The molecule has 0 radical (unpaired) electrons. The zero-order valence-electron chi connectivity index (χ0n) is 11.1. The minimum atomic E-state index is -0.838. The van der Waals surface area contributed by atoms with Crippen molar-refractivity contribution in [2.75, 3.05) is 19.8 Å². The molecule has 19 heavy (non-hydrogen) atoms. The summed E-state index contributed by atoms with van der Waals surface area (Å²) in [6.45, 7) is 6.73. The number of carbonyl (C=O) groups is 1. The topological polar surface area (TPSA) is 67.6 Å². The van der Waals surface area contributed by atoms with Crippen molar-refractivity contribution in [1.82, 2.24) is 14.7 Å². The van der Waals surface area contributed by atoms with Gasteiger partial charge in [0.05, 0.1) is 29.1 Å². The average Bonchev–Trinajstić information content (AvgIpc) is 2.67. The zero-order valence-corrected chi connectivity index (χ0v) is 12.7. The van der Waals surface area contributed by atoms with Gasteiger partial charge >= 0.3 is 5.97 Å². The molecule has 1 fully saturated rings. The van der Waals surface area contributed by atoms with Gasteiger partial charge in [-0.2, -0.15) is 5.10 Å². The van der Waals surface area contributed by atoms with Crippen molar-refractivity contribution < 1.29 is 14.6 Å². The highest BCUT2D eigenvalue weighted by atomic mass is 79.9. The fraction of sp³-hybridized carbons (Fsp3) is 0.667. The van der Waals surface area contributed by atoms with E-state index in [0.717, 1.165) is 22.4 Å². The molecular weight excluding hydrogens is 314 g/mol. The van der Waals surface area contributed by atoms with Crippen LogP contribution in [-0.2, 0) is 22.6 Å². The number of halogens is 1. The van der Waals surface area contributed by atoms with E-state index in [9.17, 15) is 9.90 Å². The number of rotatable bonds is 4. The first kappa shape index (κ1) is 14.5. The molecule has 1 unspecified atom stereocenters. The van der Waals surface area contributed by atoms with E-state index >= 15 is 0 Å². The van der Waals surface area contributed by atoms with Gasteiger partial charge in [-0.25, -0.2) is 0 Å². The maximum absolute atomic E-state index is 11.2. The maximum Gasteiger partial charge on any atom is 0.323 e. The Morgan fingerprint density at radius 3 is 3.00 bits per heavy atom. The molecular formula is C12H18BrN3O3. The van der Waals surface area contributed by atoms with Crippen molar-refractivity contribution >= 4 is 21.9 Å². The third kappa shape index (κ3) is 2.98. The summed E-state index contributed by atoms with van der Waals surface area (Å²) in [5.41, 5.74) is 1.95. The summed E-state index contributed by atoms with van der Waals surface area (Å²) in [5.74, 6) is -0.838. The summed E-state index contributed by atoms with van der Waals surface area (Å²) in [6.07, 6.45) is 0. The fourth-order valence-electron chi connectivity index (χ4n) is 2.27. The molecule has 2 rings (SSSR count). The Bertz CT molecular complexity index is 475. The van der Waals surface area contributed by atoms with E-state index in [2.05, 4.69) is 21.0 Å². The number of aromatic nitrogens is 2. The van der Waals surface area contributed by atoms with E-state index < -0.39 is 12.0 Å². The van der Waals surface area contributed by atoms with Crippen molar-refractivity contribution in [3.8, 4) is 0 Å². The molecule has 1 atom stereocenters. The maximum atomic E-state index is 11.2. The van der Waals surface area contributed by atoms with Gasteiger partial charge in [0.1, 0.15) is 6.04 Å². The quantitative estimate of drug-likeness (QED) is 0.899. The van der Waals surface area contributed by atoms with Gasteiger partial charge in [-0.1, -0.05) is 0 Å². The summed E-state index contributed by atoms with van der Waals surface area (Å²) in [7, 11) is 0. The third-order valence-corrected chi connectivity index (χ3v) is 4.36. The number of aryl methyl sites for hydroxylation is 2. The first-order valence-electron chi connectivity index (χ1n) is 6.31. The molecule has 1 aliphatic rings. The minimum absolute atomic E-state index is 0.242. The van der Waals surface area contributed by atoms with Crippen LogP contribution in [0.1, 0.15) is 18.3 Å². The third-order valence-electron chi connectivity index (χ3n) is 3.33. The molecule has 0 bridgehead atoms. The molecule has 2 heterocycles. The van der Waals surface area contributed by atoms with Crippen LogP contribution in [0.5, 0.6) is 0 Å². The number of morpholine rings is 1. The summed E-state index contributed by atoms with van der Waals surface area (Å²) in [4.78, 5) is 13.2. The largest absolute Gasteiger partial charge is 0.480 e. The van der Waals surface area contributed by atoms with Crippen LogP contribution >= 0.6 is 15.9 Å². The Balaban J connectivity index is 2.21. The zero-order chi connectivity index (χ0) is 14.0. The Labute approximate surface area is 120 Å². The second kappa shape index (κ2) is 6.02. The molecule has 1 N–H and O–H groups in total. The van der Waals surface area contributed by atoms with Crippen LogP contribution in [0, 0.1) is 6.92 Å². The normalized spacial score (nSPS) is 20.7. The molecule has 0 amide bonds. The number of carboxylic acids is 1. The highest BCUT2D eigenvalue weighted by Crippen LogP contribution is 2.24. The molecule has 6 nitrogen and oxygen atoms in total. The lowest BCUT2D eigenvalue weighted by molar-refractivity contribution is -0.150. The van der Waals surface area contributed by atoms with Crippen LogP contribution in [0.2, 0.25) is 0 Å². The van der Waals surface area contributed by atoms with Crippen molar-refractivity contribution in [3.05, 3.63) is 15.9 Å². The average molecular weight is 332 g/mol. The van der Waals surface area contributed by atoms with E-state index in [0.29, 0.717) is 19.7 Å². The predicted octanol–water partition coefficient (Wildman–Crippen LogP) is 1.26. The lowest BCUT2D eigenvalue weighted by atomic mass is 10.2. The Kier molecular flexibility index (Phi) is 4.59. The van der Waals surface area contributed by atoms with Crippen LogP contribution < -0.4 is 0 Å². The van der Waals surface area contributed by atoms with Crippen molar-refractivity contribution in [1.29, 1.82) is 0 Å². The lowest BCUT2D eigenvalue weighted by Gasteiger charge is -2.32. The van der Waals surface area contributed by atoms with Gasteiger partial charge in [0.15, 0.2) is 0 Å². The van der Waals surface area contributed by atoms with E-state index in [1.807, 2.05) is 23.4 Å². The highest BCUT2D eigenvalue weighted by Gasteiger charge is 2.30. The van der Waals surface area contributed by atoms with Crippen LogP contribution in [-0.4, -0.2) is 51.6 Å². The summed E-state index contributed by atoms with van der Waals surface area (Å²) < 4.78 is 8.12. The monoisotopic (exact) mass is 331 g/mol. The van der Waals surface area contributed by atoms with Crippen molar-refractivity contribution in [2.45, 2.75) is 33.0 Å². The summed E-state index contributed by atoms with van der Waals surface area (Å²) in [6, 6.07) is -0.582. The van der Waals surface area contributed by atoms with Gasteiger partial charge in [0.2, 0.25) is 0 Å². The predicted molar refractivity (Wildman–Crippen MR) is 73.0 cm³/mol. The number of aliphatic carboxylic acids is 1. The smallest absolute Gasteiger partial charge is 0.323 e. The molecule has 0 spiro atoms. The molecule has 1 aliphatic heterocycles. The first-order valence-corrected chi connectivity index (χ1v) is 7.10. The molecule has 0 saturated carbocycles. The molecule has 106 valence electrons. The van der Waals surface area contributed by atoms with Gasteiger partial charge in [-0.3, -0.25) is 14.4 Å². The van der Waals surface area contributed by atoms with E-state index in [4.69, 9.17) is 4.74 Å². The van der Waals surface area contributed by atoms with Crippen LogP contribution in [0.15, 0.2) is 4.47 Å². The second-order valence-electron chi connectivity index (χ2n) is 4.56. The van der Waals surface area contributed by atoms with Gasteiger partial charge < -0.3 is 9.84 Å². The molecule has 0 aromatic carbocycles. The summed E-state index contributed by atoms with van der Waals surface area (Å²) >= 11 is 3.54. The molecule has 1 aromatic heterocycles. The van der Waals surface area contributed by atoms with Crippen molar-refractivity contribution in [3.63, 3.8) is 0 Å². The summed E-state index contributed by atoms with van der Waals surface area (Å²) in [5, 5.41) is 13.7. The number of hydrogen-bond acceptors (Lipinski definition) is 4. The van der Waals surface area contributed by atoms with Crippen LogP contribution in [0.4, 0.5) is 0 Å². The van der Waals surface area contributed by atoms with Gasteiger partial charge in [-0.05, 0) is 29.8 Å². The fourth-order valence-corrected chi connectivity index (χ4v) is 2.68. The van der Waals surface area contributed by atoms with E-state index in [1.54, 1.807) is 0 Å². The highest BCUT2D eigenvalue weighted by molar-refractivity contribution is 9.10. The lowest BCUT2D eigenvalue weighted by Crippen LogP contribution is -2.49. The molecule has 0 aliphatic carbocycles. The SMILES string of the molecule is CCn1nc(C)c(Br)c1CN1CCOCC1C(=O)O. The number of carboxylic acid groups (broad SMARTS) is 1. The second-order valence-corrected chi connectivity index (χ2v) is 5.35. The Morgan fingerprint density at radius 2 is 2.37 bits per heavy atom. The van der Waals surface area contributed by atoms with Gasteiger partial charge in [0.25, 0.3) is 0 Å². The van der Waals surface area contributed by atoms with E-state index in [1.165, 1.54) is 0 Å². The minimum Gasteiger partial charge on any atom is -0.480 e.